The van der Waals surface area contributed by atoms with E-state index >= 15 is 0 Å². The second-order valence-electron chi connectivity index (χ2n) is 4.28. The van der Waals surface area contributed by atoms with Crippen LogP contribution in [0.3, 0.4) is 0 Å². The summed E-state index contributed by atoms with van der Waals surface area (Å²) in [7, 11) is 0. The zero-order chi connectivity index (χ0) is 15.1. The first-order valence-electron chi connectivity index (χ1n) is 6.65. The smallest absolute Gasteiger partial charge is 0.187 e. The molecule has 0 bridgehead atoms. The highest BCUT2D eigenvalue weighted by Gasteiger charge is 2.02. The van der Waals surface area contributed by atoms with Crippen LogP contribution < -0.4 is 10.1 Å². The molecule has 0 amide bonds. The molecule has 1 N–H and O–H groups in total. The number of para-hydroxylation sites is 2. The number of halogens is 1. The third kappa shape index (κ3) is 4.46. The summed E-state index contributed by atoms with van der Waals surface area (Å²) in [6.45, 7) is 2.53. The van der Waals surface area contributed by atoms with Crippen LogP contribution in [0.5, 0.6) is 5.75 Å². The highest BCUT2D eigenvalue weighted by atomic mass is 79.9. The van der Waals surface area contributed by atoms with Crippen molar-refractivity contribution in [3.63, 3.8) is 0 Å². The maximum atomic E-state index is 12.0. The predicted octanol–water partition coefficient (Wildman–Crippen LogP) is 4.66. The van der Waals surface area contributed by atoms with Crippen molar-refractivity contribution in [2.45, 2.75) is 6.92 Å². The molecule has 0 heterocycles. The highest BCUT2D eigenvalue weighted by Crippen LogP contribution is 2.23. The Morgan fingerprint density at radius 2 is 1.90 bits per heavy atom. The van der Waals surface area contributed by atoms with Crippen LogP contribution in [-0.4, -0.2) is 12.4 Å². The minimum Gasteiger partial charge on any atom is -0.492 e. The van der Waals surface area contributed by atoms with Crippen molar-refractivity contribution in [2.24, 2.45) is 0 Å². The Bertz CT molecular complexity index is 635. The summed E-state index contributed by atoms with van der Waals surface area (Å²) in [5.41, 5.74) is 1.48. The number of allylic oxidation sites excluding steroid dienone is 1. The van der Waals surface area contributed by atoms with E-state index in [1.807, 2.05) is 43.3 Å². The SMILES string of the molecule is CCOc1ccccc1N/C=C/C(=O)c1ccc(Br)cc1. The number of carbonyl (C=O) groups excluding carboxylic acids is 1. The zero-order valence-electron chi connectivity index (χ0n) is 11.7. The molecule has 0 aliphatic carbocycles. The van der Waals surface area contributed by atoms with Gasteiger partial charge in [0.15, 0.2) is 5.78 Å². The van der Waals surface area contributed by atoms with Gasteiger partial charge in [0.1, 0.15) is 5.75 Å². The van der Waals surface area contributed by atoms with Gasteiger partial charge < -0.3 is 10.1 Å². The van der Waals surface area contributed by atoms with Crippen LogP contribution in [-0.2, 0) is 0 Å². The molecule has 0 spiro atoms. The lowest BCUT2D eigenvalue weighted by Gasteiger charge is -2.09. The number of hydrogen-bond donors (Lipinski definition) is 1. The summed E-state index contributed by atoms with van der Waals surface area (Å²) >= 11 is 3.34. The molecule has 2 aromatic rings. The maximum absolute atomic E-state index is 12.0. The summed E-state index contributed by atoms with van der Waals surface area (Å²) in [5, 5.41) is 3.07. The molecule has 21 heavy (non-hydrogen) atoms. The Balaban J connectivity index is 2.02. The van der Waals surface area contributed by atoms with Gasteiger partial charge in [0, 0.05) is 22.3 Å². The third-order valence-corrected chi connectivity index (χ3v) is 3.32. The van der Waals surface area contributed by atoms with E-state index in [1.165, 1.54) is 6.08 Å². The van der Waals surface area contributed by atoms with E-state index in [9.17, 15) is 4.79 Å². The Kier molecular flexibility index (Phi) is 5.58. The molecule has 0 atom stereocenters. The van der Waals surface area contributed by atoms with Gasteiger partial charge in [-0.2, -0.15) is 0 Å². The van der Waals surface area contributed by atoms with Crippen LogP contribution >= 0.6 is 15.9 Å². The fourth-order valence-corrected chi connectivity index (χ4v) is 2.05. The standard InChI is InChI=1S/C17H16BrNO2/c1-2-21-17-6-4-3-5-15(17)19-12-11-16(20)13-7-9-14(18)10-8-13/h3-12,19H,2H2,1H3/b12-11+. The van der Waals surface area contributed by atoms with E-state index < -0.39 is 0 Å². The first kappa shape index (κ1) is 15.3. The number of nitrogens with one attached hydrogen (secondary N) is 1. The number of ketones is 1. The monoisotopic (exact) mass is 345 g/mol. The Morgan fingerprint density at radius 3 is 2.62 bits per heavy atom. The van der Waals surface area contributed by atoms with Crippen LogP contribution in [0, 0.1) is 0 Å². The molecule has 0 saturated heterocycles. The van der Waals surface area contributed by atoms with Crippen LogP contribution in [0.2, 0.25) is 0 Å². The average molecular weight is 346 g/mol. The topological polar surface area (TPSA) is 38.3 Å². The fraction of sp³-hybridized carbons (Fsp3) is 0.118. The van der Waals surface area contributed by atoms with Crippen molar-refractivity contribution in [1.82, 2.24) is 0 Å². The molecule has 0 fully saturated rings. The van der Waals surface area contributed by atoms with Gasteiger partial charge in [-0.3, -0.25) is 4.79 Å². The fourth-order valence-electron chi connectivity index (χ4n) is 1.78. The first-order chi connectivity index (χ1) is 10.2. The van der Waals surface area contributed by atoms with Crippen molar-refractivity contribution in [3.8, 4) is 5.75 Å². The van der Waals surface area contributed by atoms with Crippen molar-refractivity contribution in [1.29, 1.82) is 0 Å². The van der Waals surface area contributed by atoms with Crippen molar-refractivity contribution >= 4 is 27.4 Å². The molecule has 0 saturated carbocycles. The molecule has 0 unspecified atom stereocenters. The molecular weight excluding hydrogens is 330 g/mol. The Morgan fingerprint density at radius 1 is 1.19 bits per heavy atom. The molecule has 0 aliphatic rings. The van der Waals surface area contributed by atoms with Gasteiger partial charge in [0.2, 0.25) is 0 Å². The Hall–Kier alpha value is -2.07. The van der Waals surface area contributed by atoms with E-state index in [2.05, 4.69) is 21.2 Å². The van der Waals surface area contributed by atoms with Crippen LogP contribution in [0.25, 0.3) is 0 Å². The summed E-state index contributed by atoms with van der Waals surface area (Å²) in [6, 6.07) is 14.9. The molecule has 0 aromatic heterocycles. The lowest BCUT2D eigenvalue weighted by atomic mass is 10.1. The lowest BCUT2D eigenvalue weighted by Crippen LogP contribution is -1.98. The molecule has 2 aromatic carbocycles. The second kappa shape index (κ2) is 7.64. The number of ether oxygens (including phenoxy) is 1. The summed E-state index contributed by atoms with van der Waals surface area (Å²) in [5.74, 6) is 0.713. The van der Waals surface area contributed by atoms with E-state index in [-0.39, 0.29) is 5.78 Å². The molecule has 0 radical (unpaired) electrons. The number of carbonyl (C=O) groups is 1. The minimum absolute atomic E-state index is 0.0520. The summed E-state index contributed by atoms with van der Waals surface area (Å²) < 4.78 is 6.46. The molecular formula is C17H16BrNO2. The van der Waals surface area contributed by atoms with Gasteiger partial charge in [-0.25, -0.2) is 0 Å². The average Bonchev–Trinajstić information content (AvgIpc) is 2.50. The molecule has 2 rings (SSSR count). The van der Waals surface area contributed by atoms with E-state index in [1.54, 1.807) is 18.3 Å². The lowest BCUT2D eigenvalue weighted by molar-refractivity contribution is 0.104. The molecule has 0 aliphatic heterocycles. The maximum Gasteiger partial charge on any atom is 0.187 e. The van der Waals surface area contributed by atoms with Crippen molar-refractivity contribution < 1.29 is 9.53 Å². The number of anilines is 1. The molecule has 3 nitrogen and oxygen atoms in total. The quantitative estimate of drug-likeness (QED) is 0.611. The van der Waals surface area contributed by atoms with Crippen LogP contribution in [0.15, 0.2) is 65.3 Å². The zero-order valence-corrected chi connectivity index (χ0v) is 13.3. The van der Waals surface area contributed by atoms with Gasteiger partial charge in [-0.05, 0) is 43.3 Å². The van der Waals surface area contributed by atoms with Crippen LogP contribution in [0.4, 0.5) is 5.69 Å². The molecule has 108 valence electrons. The summed E-state index contributed by atoms with van der Waals surface area (Å²) in [6.07, 6.45) is 3.13. The van der Waals surface area contributed by atoms with Crippen molar-refractivity contribution in [2.75, 3.05) is 11.9 Å². The third-order valence-electron chi connectivity index (χ3n) is 2.79. The predicted molar refractivity (Wildman–Crippen MR) is 88.8 cm³/mol. The van der Waals surface area contributed by atoms with E-state index in [0.29, 0.717) is 12.2 Å². The van der Waals surface area contributed by atoms with E-state index in [4.69, 9.17) is 4.74 Å². The normalized spacial score (nSPS) is 10.6. The number of benzene rings is 2. The van der Waals surface area contributed by atoms with Gasteiger partial charge >= 0.3 is 0 Å². The number of rotatable bonds is 6. The molecule has 4 heteroatoms. The first-order valence-corrected chi connectivity index (χ1v) is 7.45. The van der Waals surface area contributed by atoms with Gasteiger partial charge in [0.05, 0.1) is 12.3 Å². The highest BCUT2D eigenvalue weighted by molar-refractivity contribution is 9.10. The van der Waals surface area contributed by atoms with Crippen LogP contribution in [0.1, 0.15) is 17.3 Å². The van der Waals surface area contributed by atoms with Gasteiger partial charge in [-0.1, -0.05) is 28.1 Å². The number of hydrogen-bond acceptors (Lipinski definition) is 3. The minimum atomic E-state index is -0.0520. The van der Waals surface area contributed by atoms with Gasteiger partial charge in [0.25, 0.3) is 0 Å². The van der Waals surface area contributed by atoms with Gasteiger partial charge in [-0.15, -0.1) is 0 Å². The van der Waals surface area contributed by atoms with E-state index in [0.717, 1.165) is 15.9 Å². The second-order valence-corrected chi connectivity index (χ2v) is 5.19. The van der Waals surface area contributed by atoms with Crippen molar-refractivity contribution in [3.05, 3.63) is 70.8 Å². The largest absolute Gasteiger partial charge is 0.492 e. The summed E-state index contributed by atoms with van der Waals surface area (Å²) in [4.78, 5) is 12.0. The Labute approximate surface area is 132 Å².